The summed E-state index contributed by atoms with van der Waals surface area (Å²) in [6, 6.07) is 11.8. The van der Waals surface area contributed by atoms with Crippen molar-refractivity contribution >= 4 is 17.2 Å². The first-order valence-electron chi connectivity index (χ1n) is 8.91. The number of hydrogen-bond acceptors (Lipinski definition) is 5. The lowest BCUT2D eigenvalue weighted by atomic mass is 9.97. The van der Waals surface area contributed by atoms with Crippen LogP contribution in [0.4, 0.5) is 0 Å². The molecule has 0 spiro atoms. The van der Waals surface area contributed by atoms with E-state index in [1.165, 1.54) is 0 Å². The molecule has 2 aromatic heterocycles. The second-order valence-corrected chi connectivity index (χ2v) is 7.22. The third kappa shape index (κ3) is 5.37. The standard InChI is InChI=1S/C21H23N3O2S/c1-15(16-3-5-19(26-2)6-4-16)13-20(25)23-12-9-18-14-27-21(24-18)17-7-10-22-11-8-17/h3-8,10-11,14-15H,9,12-13H2,1-2H3,(H,23,25). The van der Waals surface area contributed by atoms with Crippen LogP contribution in [0, 0.1) is 0 Å². The van der Waals surface area contributed by atoms with Crippen LogP contribution in [0.3, 0.4) is 0 Å². The molecule has 0 aliphatic rings. The number of carbonyl (C=O) groups excluding carboxylic acids is 1. The first-order chi connectivity index (χ1) is 13.2. The van der Waals surface area contributed by atoms with Crippen LogP contribution in [-0.2, 0) is 11.2 Å². The Bertz CT molecular complexity index is 863. The number of thiazole rings is 1. The zero-order chi connectivity index (χ0) is 19.1. The highest BCUT2D eigenvalue weighted by atomic mass is 32.1. The summed E-state index contributed by atoms with van der Waals surface area (Å²) in [7, 11) is 1.65. The quantitative estimate of drug-likeness (QED) is 0.639. The summed E-state index contributed by atoms with van der Waals surface area (Å²) >= 11 is 1.61. The van der Waals surface area contributed by atoms with Crippen molar-refractivity contribution in [1.82, 2.24) is 15.3 Å². The van der Waals surface area contributed by atoms with Crippen LogP contribution in [0.1, 0.15) is 30.5 Å². The Balaban J connectivity index is 1.44. The average molecular weight is 382 g/mol. The Kier molecular flexibility index (Phi) is 6.54. The van der Waals surface area contributed by atoms with Crippen LogP contribution >= 0.6 is 11.3 Å². The Hall–Kier alpha value is -2.73. The number of ether oxygens (including phenoxy) is 1. The second-order valence-electron chi connectivity index (χ2n) is 6.36. The summed E-state index contributed by atoms with van der Waals surface area (Å²) in [6.45, 7) is 2.65. The Morgan fingerprint density at radius 2 is 1.93 bits per heavy atom. The molecule has 0 radical (unpaired) electrons. The Morgan fingerprint density at radius 3 is 2.63 bits per heavy atom. The third-order valence-electron chi connectivity index (χ3n) is 4.36. The molecule has 0 saturated heterocycles. The monoisotopic (exact) mass is 381 g/mol. The fourth-order valence-electron chi connectivity index (χ4n) is 2.78. The maximum absolute atomic E-state index is 12.2. The van der Waals surface area contributed by atoms with E-state index < -0.39 is 0 Å². The summed E-state index contributed by atoms with van der Waals surface area (Å²) in [6.07, 6.45) is 4.72. The summed E-state index contributed by atoms with van der Waals surface area (Å²) in [5.41, 5.74) is 3.20. The molecule has 0 aliphatic heterocycles. The van der Waals surface area contributed by atoms with Gasteiger partial charge in [0.2, 0.25) is 5.91 Å². The lowest BCUT2D eigenvalue weighted by Gasteiger charge is -2.12. The van der Waals surface area contributed by atoms with E-state index in [0.29, 0.717) is 13.0 Å². The van der Waals surface area contributed by atoms with Gasteiger partial charge in [-0.15, -0.1) is 11.3 Å². The van der Waals surface area contributed by atoms with Gasteiger partial charge in [-0.2, -0.15) is 0 Å². The van der Waals surface area contributed by atoms with Crippen molar-refractivity contribution in [2.24, 2.45) is 0 Å². The maximum atomic E-state index is 12.2. The van der Waals surface area contributed by atoms with E-state index in [9.17, 15) is 4.79 Å². The van der Waals surface area contributed by atoms with E-state index in [1.807, 2.05) is 41.8 Å². The zero-order valence-corrected chi connectivity index (χ0v) is 16.3. The molecule has 0 aliphatic carbocycles. The van der Waals surface area contributed by atoms with Crippen molar-refractivity contribution in [2.45, 2.75) is 25.7 Å². The lowest BCUT2D eigenvalue weighted by molar-refractivity contribution is -0.121. The Morgan fingerprint density at radius 1 is 1.19 bits per heavy atom. The van der Waals surface area contributed by atoms with Gasteiger partial charge in [0, 0.05) is 42.7 Å². The van der Waals surface area contributed by atoms with Gasteiger partial charge in [0.1, 0.15) is 10.8 Å². The van der Waals surface area contributed by atoms with Gasteiger partial charge in [-0.05, 0) is 35.7 Å². The van der Waals surface area contributed by atoms with Crippen molar-refractivity contribution in [2.75, 3.05) is 13.7 Å². The smallest absolute Gasteiger partial charge is 0.220 e. The van der Waals surface area contributed by atoms with Crippen molar-refractivity contribution in [3.05, 3.63) is 65.4 Å². The van der Waals surface area contributed by atoms with Crippen LogP contribution in [0.25, 0.3) is 10.6 Å². The van der Waals surface area contributed by atoms with Gasteiger partial charge in [0.25, 0.3) is 0 Å². The van der Waals surface area contributed by atoms with Gasteiger partial charge >= 0.3 is 0 Å². The highest BCUT2D eigenvalue weighted by Gasteiger charge is 2.11. The molecule has 1 amide bonds. The molecule has 2 heterocycles. The van der Waals surface area contributed by atoms with Crippen LogP contribution in [0.15, 0.2) is 54.2 Å². The highest BCUT2D eigenvalue weighted by Crippen LogP contribution is 2.23. The molecule has 1 unspecified atom stereocenters. The van der Waals surface area contributed by atoms with Crippen molar-refractivity contribution < 1.29 is 9.53 Å². The number of rotatable bonds is 8. The van der Waals surface area contributed by atoms with Crippen molar-refractivity contribution in [1.29, 1.82) is 0 Å². The summed E-state index contributed by atoms with van der Waals surface area (Å²) in [5, 5.41) is 6.02. The molecular formula is C21H23N3O2S. The number of nitrogens with zero attached hydrogens (tertiary/aromatic N) is 2. The molecule has 1 N–H and O–H groups in total. The first-order valence-corrected chi connectivity index (χ1v) is 9.79. The number of hydrogen-bond donors (Lipinski definition) is 1. The van der Waals surface area contributed by atoms with Gasteiger partial charge in [-0.3, -0.25) is 9.78 Å². The normalized spacial score (nSPS) is 11.8. The highest BCUT2D eigenvalue weighted by molar-refractivity contribution is 7.13. The van der Waals surface area contributed by atoms with E-state index in [4.69, 9.17) is 4.74 Å². The van der Waals surface area contributed by atoms with Crippen molar-refractivity contribution in [3.8, 4) is 16.3 Å². The average Bonchev–Trinajstić information content (AvgIpc) is 3.17. The van der Waals surface area contributed by atoms with E-state index in [2.05, 4.69) is 22.2 Å². The molecule has 6 heteroatoms. The minimum atomic E-state index is 0.0582. The van der Waals surface area contributed by atoms with Crippen LogP contribution in [0.5, 0.6) is 5.75 Å². The first kappa shape index (κ1) is 19.0. The van der Waals surface area contributed by atoms with E-state index in [-0.39, 0.29) is 11.8 Å². The van der Waals surface area contributed by atoms with E-state index in [0.717, 1.165) is 34.0 Å². The third-order valence-corrected chi connectivity index (χ3v) is 5.30. The summed E-state index contributed by atoms with van der Waals surface area (Å²) in [5.74, 6) is 1.04. The lowest BCUT2D eigenvalue weighted by Crippen LogP contribution is -2.26. The van der Waals surface area contributed by atoms with Gasteiger partial charge in [0.05, 0.1) is 12.8 Å². The molecule has 5 nitrogen and oxygen atoms in total. The van der Waals surface area contributed by atoms with Gasteiger partial charge in [-0.25, -0.2) is 4.98 Å². The number of pyridine rings is 1. The minimum Gasteiger partial charge on any atom is -0.497 e. The number of methoxy groups -OCH3 is 1. The van der Waals surface area contributed by atoms with Crippen LogP contribution in [-0.4, -0.2) is 29.5 Å². The molecule has 3 aromatic rings. The number of aromatic nitrogens is 2. The topological polar surface area (TPSA) is 64.1 Å². The Labute approximate surface area is 163 Å². The van der Waals surface area contributed by atoms with Crippen LogP contribution in [0.2, 0.25) is 0 Å². The van der Waals surface area contributed by atoms with Gasteiger partial charge in [0.15, 0.2) is 0 Å². The zero-order valence-electron chi connectivity index (χ0n) is 15.5. The molecule has 140 valence electrons. The molecular weight excluding hydrogens is 358 g/mol. The number of amides is 1. The largest absolute Gasteiger partial charge is 0.497 e. The molecule has 0 saturated carbocycles. The number of carbonyl (C=O) groups is 1. The predicted octanol–water partition coefficient (Wildman–Crippen LogP) is 4.07. The number of benzene rings is 1. The molecule has 27 heavy (non-hydrogen) atoms. The molecule has 3 rings (SSSR count). The fourth-order valence-corrected chi connectivity index (χ4v) is 3.64. The molecule has 1 aromatic carbocycles. The SMILES string of the molecule is COc1ccc(C(C)CC(=O)NCCc2csc(-c3ccncc3)n2)cc1. The molecule has 1 atom stereocenters. The van der Waals surface area contributed by atoms with Crippen LogP contribution < -0.4 is 10.1 Å². The van der Waals surface area contributed by atoms with Gasteiger partial charge < -0.3 is 10.1 Å². The van der Waals surface area contributed by atoms with E-state index in [1.54, 1.807) is 30.8 Å². The predicted molar refractivity (Wildman–Crippen MR) is 108 cm³/mol. The second kappa shape index (κ2) is 9.28. The maximum Gasteiger partial charge on any atom is 0.220 e. The molecule has 0 bridgehead atoms. The summed E-state index contributed by atoms with van der Waals surface area (Å²) < 4.78 is 5.17. The summed E-state index contributed by atoms with van der Waals surface area (Å²) in [4.78, 5) is 20.9. The van der Waals surface area contributed by atoms with E-state index >= 15 is 0 Å². The molecule has 0 fully saturated rings. The van der Waals surface area contributed by atoms with Gasteiger partial charge in [-0.1, -0.05) is 19.1 Å². The number of nitrogens with one attached hydrogen (secondary N) is 1. The van der Waals surface area contributed by atoms with Crippen molar-refractivity contribution in [3.63, 3.8) is 0 Å². The fraction of sp³-hybridized carbons (Fsp3) is 0.286. The minimum absolute atomic E-state index is 0.0582.